The molecule has 0 aromatic carbocycles. The van der Waals surface area contributed by atoms with E-state index in [1.54, 1.807) is 7.11 Å². The Labute approximate surface area is 159 Å². The summed E-state index contributed by atoms with van der Waals surface area (Å²) in [7, 11) is 1.68. The number of carbonyl (C=O) groups is 1. The van der Waals surface area contributed by atoms with Gasteiger partial charge in [-0.15, -0.1) is 0 Å². The van der Waals surface area contributed by atoms with Gasteiger partial charge in [0.25, 0.3) is 0 Å². The van der Waals surface area contributed by atoms with E-state index in [-0.39, 0.29) is 17.6 Å². The van der Waals surface area contributed by atoms with Crippen LogP contribution >= 0.6 is 11.8 Å². The number of methoxy groups -OCH3 is 1. The molecule has 0 fully saturated rings. The Morgan fingerprint density at radius 2 is 2.04 bits per heavy atom. The van der Waals surface area contributed by atoms with Crippen molar-refractivity contribution >= 4 is 17.5 Å². The number of pyridine rings is 1. The number of rotatable bonds is 7. The summed E-state index contributed by atoms with van der Waals surface area (Å²) < 4.78 is 7.38. The topological polar surface area (TPSA) is 67.9 Å². The molecule has 2 rings (SSSR count). The highest BCUT2D eigenvalue weighted by atomic mass is 32.2. The van der Waals surface area contributed by atoms with E-state index in [1.165, 1.54) is 11.8 Å². The fraction of sp³-hybridized carbons (Fsp3) is 0.450. The zero-order valence-electron chi connectivity index (χ0n) is 16.2. The smallest absolute Gasteiger partial charge is 0.174 e. The Hall–Kier alpha value is -2.10. The van der Waals surface area contributed by atoms with Gasteiger partial charge in [0, 0.05) is 29.8 Å². The van der Waals surface area contributed by atoms with E-state index in [4.69, 9.17) is 4.74 Å². The molecule has 0 aliphatic carbocycles. The van der Waals surface area contributed by atoms with E-state index < -0.39 is 0 Å². The third-order valence-electron chi connectivity index (χ3n) is 4.40. The van der Waals surface area contributed by atoms with Crippen LogP contribution in [0.3, 0.4) is 0 Å². The van der Waals surface area contributed by atoms with E-state index in [2.05, 4.69) is 22.5 Å². The Kier molecular flexibility index (Phi) is 6.63. The average molecular weight is 372 g/mol. The van der Waals surface area contributed by atoms with E-state index in [0.717, 1.165) is 28.2 Å². The minimum atomic E-state index is 0.0452. The molecule has 2 heterocycles. The van der Waals surface area contributed by atoms with Gasteiger partial charge in [0.2, 0.25) is 0 Å². The summed E-state index contributed by atoms with van der Waals surface area (Å²) in [5.41, 5.74) is 5.01. The molecule has 0 saturated carbocycles. The van der Waals surface area contributed by atoms with Crippen LogP contribution in [0.15, 0.2) is 17.2 Å². The number of aromatic nitrogens is 2. The lowest BCUT2D eigenvalue weighted by molar-refractivity contribution is 0.102. The second kappa shape index (κ2) is 8.52. The molecule has 0 spiro atoms. The Morgan fingerprint density at radius 1 is 1.35 bits per heavy atom. The SMILES string of the molecule is COCC(C)n1c(C)cc(C(=O)CSc2nc(C)cc(C)c2C#N)c1C. The van der Waals surface area contributed by atoms with Crippen molar-refractivity contribution in [2.45, 2.75) is 45.7 Å². The molecule has 0 amide bonds. The van der Waals surface area contributed by atoms with Crippen LogP contribution in [-0.2, 0) is 4.74 Å². The number of hydrogen-bond acceptors (Lipinski definition) is 5. The number of carbonyl (C=O) groups excluding carboxylic acids is 1. The van der Waals surface area contributed by atoms with Gasteiger partial charge in [0.05, 0.1) is 24.0 Å². The second-order valence-electron chi connectivity index (χ2n) is 6.54. The maximum Gasteiger partial charge on any atom is 0.174 e. The molecule has 6 heteroatoms. The van der Waals surface area contributed by atoms with Crippen LogP contribution < -0.4 is 0 Å². The number of thioether (sulfide) groups is 1. The Balaban J connectivity index is 2.22. The maximum atomic E-state index is 12.8. The minimum absolute atomic E-state index is 0.0452. The number of nitriles is 1. The Morgan fingerprint density at radius 3 is 2.65 bits per heavy atom. The first-order valence-corrected chi connectivity index (χ1v) is 9.50. The molecule has 2 aromatic rings. The largest absolute Gasteiger partial charge is 0.383 e. The van der Waals surface area contributed by atoms with Crippen LogP contribution in [0.4, 0.5) is 0 Å². The monoisotopic (exact) mass is 371 g/mol. The van der Waals surface area contributed by atoms with Crippen LogP contribution in [0.1, 0.15) is 51.5 Å². The number of nitrogens with zero attached hydrogens (tertiary/aromatic N) is 3. The van der Waals surface area contributed by atoms with E-state index in [0.29, 0.717) is 17.2 Å². The summed E-state index contributed by atoms with van der Waals surface area (Å²) in [6.45, 7) is 10.4. The third kappa shape index (κ3) is 4.17. The van der Waals surface area contributed by atoms with Gasteiger partial charge < -0.3 is 9.30 Å². The molecule has 2 aromatic heterocycles. The summed E-state index contributed by atoms with van der Waals surface area (Å²) in [4.78, 5) is 17.2. The van der Waals surface area contributed by atoms with Gasteiger partial charge in [-0.05, 0) is 52.3 Å². The highest BCUT2D eigenvalue weighted by Gasteiger charge is 2.20. The molecule has 0 N–H and O–H groups in total. The van der Waals surface area contributed by atoms with Crippen molar-refractivity contribution in [1.82, 2.24) is 9.55 Å². The van der Waals surface area contributed by atoms with Crippen molar-refractivity contribution in [1.29, 1.82) is 5.26 Å². The van der Waals surface area contributed by atoms with Crippen LogP contribution in [-0.4, -0.2) is 34.8 Å². The highest BCUT2D eigenvalue weighted by molar-refractivity contribution is 8.00. The van der Waals surface area contributed by atoms with E-state index in [1.807, 2.05) is 39.8 Å². The van der Waals surface area contributed by atoms with E-state index >= 15 is 0 Å². The van der Waals surface area contributed by atoms with Crippen molar-refractivity contribution < 1.29 is 9.53 Å². The van der Waals surface area contributed by atoms with Crippen molar-refractivity contribution in [2.24, 2.45) is 0 Å². The van der Waals surface area contributed by atoms with Gasteiger partial charge in [0.15, 0.2) is 5.78 Å². The normalized spacial score (nSPS) is 12.0. The number of aryl methyl sites for hydroxylation is 3. The quantitative estimate of drug-likeness (QED) is 0.540. The highest BCUT2D eigenvalue weighted by Crippen LogP contribution is 2.26. The molecule has 26 heavy (non-hydrogen) atoms. The maximum absolute atomic E-state index is 12.8. The first kappa shape index (κ1) is 20.2. The lowest BCUT2D eigenvalue weighted by Crippen LogP contribution is -2.14. The summed E-state index contributed by atoms with van der Waals surface area (Å²) >= 11 is 1.33. The lowest BCUT2D eigenvalue weighted by atomic mass is 10.1. The number of Topliss-reactive ketones (excluding diaryl/α,β-unsaturated/α-hetero) is 1. The van der Waals surface area contributed by atoms with Crippen molar-refractivity contribution in [3.05, 3.63) is 45.9 Å². The summed E-state index contributed by atoms with van der Waals surface area (Å²) in [5, 5.41) is 9.99. The molecule has 0 radical (unpaired) electrons. The zero-order valence-corrected chi connectivity index (χ0v) is 17.0. The average Bonchev–Trinajstić information content (AvgIpc) is 2.87. The van der Waals surface area contributed by atoms with Crippen molar-refractivity contribution in [2.75, 3.05) is 19.5 Å². The predicted octanol–water partition coefficient (Wildman–Crippen LogP) is 4.17. The van der Waals surface area contributed by atoms with Gasteiger partial charge in [-0.1, -0.05) is 11.8 Å². The third-order valence-corrected chi connectivity index (χ3v) is 5.37. The van der Waals surface area contributed by atoms with Crippen LogP contribution in [0.2, 0.25) is 0 Å². The molecule has 1 atom stereocenters. The fourth-order valence-electron chi connectivity index (χ4n) is 3.31. The van der Waals surface area contributed by atoms with Gasteiger partial charge >= 0.3 is 0 Å². The fourth-order valence-corrected chi connectivity index (χ4v) is 4.29. The van der Waals surface area contributed by atoms with E-state index in [9.17, 15) is 10.1 Å². The Bertz CT molecular complexity index is 865. The van der Waals surface area contributed by atoms with Gasteiger partial charge in [-0.2, -0.15) is 5.26 Å². The van der Waals surface area contributed by atoms with Crippen LogP contribution in [0, 0.1) is 39.0 Å². The first-order valence-electron chi connectivity index (χ1n) is 8.51. The molecular weight excluding hydrogens is 346 g/mol. The van der Waals surface area contributed by atoms with Crippen molar-refractivity contribution in [3.8, 4) is 6.07 Å². The number of ketones is 1. The van der Waals surface area contributed by atoms with Gasteiger partial charge in [-0.3, -0.25) is 4.79 Å². The number of ether oxygens (including phenoxy) is 1. The molecule has 0 aliphatic rings. The minimum Gasteiger partial charge on any atom is -0.383 e. The predicted molar refractivity (Wildman–Crippen MR) is 104 cm³/mol. The van der Waals surface area contributed by atoms with Crippen LogP contribution in [0.5, 0.6) is 0 Å². The lowest BCUT2D eigenvalue weighted by Gasteiger charge is -2.17. The van der Waals surface area contributed by atoms with Crippen molar-refractivity contribution in [3.63, 3.8) is 0 Å². The summed E-state index contributed by atoms with van der Waals surface area (Å²) in [6.07, 6.45) is 0. The second-order valence-corrected chi connectivity index (χ2v) is 7.51. The van der Waals surface area contributed by atoms with Gasteiger partial charge in [0.1, 0.15) is 11.1 Å². The molecule has 1 unspecified atom stereocenters. The molecule has 0 aliphatic heterocycles. The standard InChI is InChI=1S/C20H25N3O2S/c1-12-7-13(2)22-20(18(12)9-21)26-11-19(24)17-8-14(3)23(16(17)5)15(4)10-25-6/h7-8,15H,10-11H2,1-6H3. The first-order chi connectivity index (χ1) is 12.3. The molecule has 0 saturated heterocycles. The zero-order chi connectivity index (χ0) is 19.4. The summed E-state index contributed by atoms with van der Waals surface area (Å²) in [6, 6.07) is 6.18. The molecule has 138 valence electrons. The van der Waals surface area contributed by atoms with Gasteiger partial charge in [-0.25, -0.2) is 4.98 Å². The van der Waals surface area contributed by atoms with Crippen LogP contribution in [0.25, 0.3) is 0 Å². The molecule has 0 bridgehead atoms. The number of hydrogen-bond donors (Lipinski definition) is 0. The summed E-state index contributed by atoms with van der Waals surface area (Å²) in [5.74, 6) is 0.303. The molecular formula is C20H25N3O2S. The molecule has 5 nitrogen and oxygen atoms in total.